The SMILES string of the molecule is CC(C)C(C(=O)NN)N1CC2CCCN2CC1C. The van der Waals surface area contributed by atoms with Crippen LogP contribution in [0.25, 0.3) is 0 Å². The van der Waals surface area contributed by atoms with Gasteiger partial charge in [-0.25, -0.2) is 5.84 Å². The number of carbonyl (C=O) groups excluding carboxylic acids is 1. The Hall–Kier alpha value is -0.650. The van der Waals surface area contributed by atoms with E-state index in [0.717, 1.165) is 13.1 Å². The zero-order valence-electron chi connectivity index (χ0n) is 11.7. The van der Waals surface area contributed by atoms with Crippen LogP contribution in [0.4, 0.5) is 0 Å². The molecule has 5 nitrogen and oxygen atoms in total. The third-order valence-corrected chi connectivity index (χ3v) is 4.39. The first-order valence-corrected chi connectivity index (χ1v) is 7.04. The summed E-state index contributed by atoms with van der Waals surface area (Å²) in [5, 5.41) is 0. The van der Waals surface area contributed by atoms with Gasteiger partial charge >= 0.3 is 0 Å². The van der Waals surface area contributed by atoms with Crippen molar-refractivity contribution < 1.29 is 4.79 Å². The molecular formula is C13H26N4O. The van der Waals surface area contributed by atoms with Gasteiger partial charge in [0, 0.05) is 25.2 Å². The van der Waals surface area contributed by atoms with Crippen molar-refractivity contribution in [2.24, 2.45) is 11.8 Å². The molecule has 2 aliphatic heterocycles. The quantitative estimate of drug-likeness (QED) is 0.428. The number of nitrogens with two attached hydrogens (primary N) is 1. The van der Waals surface area contributed by atoms with E-state index >= 15 is 0 Å². The lowest BCUT2D eigenvalue weighted by Gasteiger charge is -2.46. The van der Waals surface area contributed by atoms with Gasteiger partial charge in [-0.3, -0.25) is 20.0 Å². The van der Waals surface area contributed by atoms with E-state index in [1.54, 1.807) is 0 Å². The summed E-state index contributed by atoms with van der Waals surface area (Å²) in [7, 11) is 0. The van der Waals surface area contributed by atoms with Crippen LogP contribution >= 0.6 is 0 Å². The third-order valence-electron chi connectivity index (χ3n) is 4.39. The Balaban J connectivity index is 2.11. The van der Waals surface area contributed by atoms with Crippen molar-refractivity contribution >= 4 is 5.91 Å². The molecule has 0 aliphatic carbocycles. The smallest absolute Gasteiger partial charge is 0.251 e. The fraction of sp³-hybridized carbons (Fsp3) is 0.923. The molecule has 18 heavy (non-hydrogen) atoms. The first kappa shape index (κ1) is 13.8. The van der Waals surface area contributed by atoms with Crippen molar-refractivity contribution in [3.63, 3.8) is 0 Å². The highest BCUT2D eigenvalue weighted by molar-refractivity contribution is 5.81. The van der Waals surface area contributed by atoms with Crippen LogP contribution in [0.15, 0.2) is 0 Å². The van der Waals surface area contributed by atoms with Crippen LogP contribution in [0.1, 0.15) is 33.6 Å². The monoisotopic (exact) mass is 254 g/mol. The van der Waals surface area contributed by atoms with Crippen LogP contribution in [0.2, 0.25) is 0 Å². The van der Waals surface area contributed by atoms with Gasteiger partial charge in [-0.2, -0.15) is 0 Å². The largest absolute Gasteiger partial charge is 0.298 e. The molecule has 2 saturated heterocycles. The molecule has 0 bridgehead atoms. The maximum Gasteiger partial charge on any atom is 0.251 e. The van der Waals surface area contributed by atoms with E-state index < -0.39 is 0 Å². The number of piperazine rings is 1. The lowest BCUT2D eigenvalue weighted by atomic mass is 9.97. The van der Waals surface area contributed by atoms with E-state index in [2.05, 4.69) is 36.0 Å². The number of carbonyl (C=O) groups is 1. The van der Waals surface area contributed by atoms with Gasteiger partial charge in [0.15, 0.2) is 0 Å². The molecular weight excluding hydrogens is 228 g/mol. The van der Waals surface area contributed by atoms with Crippen LogP contribution in [-0.2, 0) is 4.79 Å². The Labute approximate surface area is 110 Å². The van der Waals surface area contributed by atoms with Crippen LogP contribution < -0.4 is 11.3 Å². The number of hydrazine groups is 1. The second-order valence-electron chi connectivity index (χ2n) is 6.03. The average molecular weight is 254 g/mol. The van der Waals surface area contributed by atoms with Gasteiger partial charge in [0.25, 0.3) is 5.91 Å². The minimum atomic E-state index is -0.104. The molecule has 0 aromatic heterocycles. The van der Waals surface area contributed by atoms with Crippen molar-refractivity contribution in [2.75, 3.05) is 19.6 Å². The minimum Gasteiger partial charge on any atom is -0.298 e. The van der Waals surface area contributed by atoms with Gasteiger partial charge in [-0.05, 0) is 32.2 Å². The number of amides is 1. The van der Waals surface area contributed by atoms with Crippen molar-refractivity contribution in [3.8, 4) is 0 Å². The highest BCUT2D eigenvalue weighted by Gasteiger charge is 2.40. The van der Waals surface area contributed by atoms with Crippen molar-refractivity contribution in [1.29, 1.82) is 0 Å². The van der Waals surface area contributed by atoms with Crippen LogP contribution in [0, 0.1) is 5.92 Å². The van der Waals surface area contributed by atoms with Gasteiger partial charge in [-0.15, -0.1) is 0 Å². The van der Waals surface area contributed by atoms with Crippen molar-refractivity contribution in [2.45, 2.75) is 51.7 Å². The maximum atomic E-state index is 12.0. The highest BCUT2D eigenvalue weighted by Crippen LogP contribution is 2.27. The molecule has 0 aromatic carbocycles. The fourth-order valence-corrected chi connectivity index (χ4v) is 3.52. The molecule has 2 heterocycles. The highest BCUT2D eigenvalue weighted by atomic mass is 16.2. The molecule has 3 atom stereocenters. The van der Waals surface area contributed by atoms with Crippen molar-refractivity contribution in [1.82, 2.24) is 15.2 Å². The molecule has 0 radical (unpaired) electrons. The molecule has 3 unspecified atom stereocenters. The Morgan fingerprint density at radius 2 is 2.11 bits per heavy atom. The van der Waals surface area contributed by atoms with E-state index in [1.165, 1.54) is 19.4 Å². The second-order valence-corrected chi connectivity index (χ2v) is 6.03. The van der Waals surface area contributed by atoms with Gasteiger partial charge < -0.3 is 0 Å². The molecule has 2 aliphatic rings. The Bertz CT molecular complexity index is 307. The number of nitrogens with zero attached hydrogens (tertiary/aromatic N) is 2. The normalized spacial score (nSPS) is 31.4. The van der Waals surface area contributed by atoms with E-state index in [1.807, 2.05) is 0 Å². The van der Waals surface area contributed by atoms with E-state index in [4.69, 9.17) is 5.84 Å². The summed E-state index contributed by atoms with van der Waals surface area (Å²) in [5.74, 6) is 5.56. The van der Waals surface area contributed by atoms with Crippen LogP contribution in [0.5, 0.6) is 0 Å². The van der Waals surface area contributed by atoms with Gasteiger partial charge in [0.2, 0.25) is 0 Å². The van der Waals surface area contributed by atoms with Crippen LogP contribution in [0.3, 0.4) is 0 Å². The fourth-order valence-electron chi connectivity index (χ4n) is 3.52. The summed E-state index contributed by atoms with van der Waals surface area (Å²) in [5.41, 5.74) is 2.33. The summed E-state index contributed by atoms with van der Waals surface area (Å²) in [6.07, 6.45) is 2.55. The van der Waals surface area contributed by atoms with E-state index in [-0.39, 0.29) is 17.9 Å². The molecule has 5 heteroatoms. The summed E-state index contributed by atoms with van der Waals surface area (Å²) in [6.45, 7) is 9.69. The molecule has 3 N–H and O–H groups in total. The third kappa shape index (κ3) is 2.53. The minimum absolute atomic E-state index is 0.0525. The number of hydrogen-bond donors (Lipinski definition) is 2. The maximum absolute atomic E-state index is 12.0. The number of nitrogens with one attached hydrogen (secondary N) is 1. The molecule has 2 fully saturated rings. The summed E-state index contributed by atoms with van der Waals surface area (Å²) in [6, 6.07) is 0.949. The molecule has 0 spiro atoms. The molecule has 0 saturated carbocycles. The summed E-state index contributed by atoms with van der Waals surface area (Å²) < 4.78 is 0. The van der Waals surface area contributed by atoms with Crippen molar-refractivity contribution in [3.05, 3.63) is 0 Å². The molecule has 104 valence electrons. The first-order chi connectivity index (χ1) is 8.54. The number of rotatable bonds is 3. The zero-order valence-corrected chi connectivity index (χ0v) is 11.7. The Morgan fingerprint density at radius 3 is 2.72 bits per heavy atom. The lowest BCUT2D eigenvalue weighted by Crippen LogP contribution is -2.62. The molecule has 2 rings (SSSR count). The predicted molar refractivity (Wildman–Crippen MR) is 71.7 cm³/mol. The standard InChI is InChI=1S/C13H26N4O/c1-9(2)12(13(18)15-14)17-8-11-5-4-6-16(11)7-10(17)3/h9-12H,4-8,14H2,1-3H3,(H,15,18). The Kier molecular flexibility index (Phi) is 4.25. The van der Waals surface area contributed by atoms with E-state index in [9.17, 15) is 4.79 Å². The predicted octanol–water partition coefficient (Wildman–Crippen LogP) is 0.169. The Morgan fingerprint density at radius 1 is 1.39 bits per heavy atom. The first-order valence-electron chi connectivity index (χ1n) is 7.04. The second kappa shape index (κ2) is 5.55. The van der Waals surface area contributed by atoms with Crippen LogP contribution in [-0.4, -0.2) is 53.5 Å². The summed E-state index contributed by atoms with van der Waals surface area (Å²) in [4.78, 5) is 16.9. The summed E-state index contributed by atoms with van der Waals surface area (Å²) >= 11 is 0. The molecule has 0 aromatic rings. The van der Waals surface area contributed by atoms with Gasteiger partial charge in [0.1, 0.15) is 0 Å². The topological polar surface area (TPSA) is 61.6 Å². The van der Waals surface area contributed by atoms with Gasteiger partial charge in [0.05, 0.1) is 6.04 Å². The lowest BCUT2D eigenvalue weighted by molar-refractivity contribution is -0.131. The van der Waals surface area contributed by atoms with Gasteiger partial charge in [-0.1, -0.05) is 13.8 Å². The number of fused-ring (bicyclic) bond motifs is 1. The number of hydrogen-bond acceptors (Lipinski definition) is 4. The molecule has 1 amide bonds. The average Bonchev–Trinajstić information content (AvgIpc) is 2.75. The zero-order chi connectivity index (χ0) is 13.3. The van der Waals surface area contributed by atoms with E-state index in [0.29, 0.717) is 12.1 Å².